The molecule has 1 aromatic rings. The van der Waals surface area contributed by atoms with Gasteiger partial charge in [0.25, 0.3) is 0 Å². The van der Waals surface area contributed by atoms with E-state index in [1.165, 1.54) is 0 Å². The zero-order valence-electron chi connectivity index (χ0n) is 21.4. The average Bonchev–Trinajstić information content (AvgIpc) is 2.87. The summed E-state index contributed by atoms with van der Waals surface area (Å²) in [7, 11) is 4.86. The van der Waals surface area contributed by atoms with E-state index in [9.17, 15) is 9.59 Å². The molecule has 0 aliphatic carbocycles. The highest BCUT2D eigenvalue weighted by atomic mass is 33.1. The predicted octanol–water partition coefficient (Wildman–Crippen LogP) is 4.32. The second-order valence-corrected chi connectivity index (χ2v) is 10.4. The number of carbonyl (C=O) groups is 2. The zero-order chi connectivity index (χ0) is 25.6. The fraction of sp³-hybridized carbons (Fsp3) is 0.720. The number of amides is 1. The van der Waals surface area contributed by atoms with Crippen molar-refractivity contribution in [3.05, 3.63) is 24.4 Å². The van der Waals surface area contributed by atoms with E-state index in [0.717, 1.165) is 17.2 Å². The molecule has 0 spiro atoms. The van der Waals surface area contributed by atoms with Crippen LogP contribution in [0.25, 0.3) is 0 Å². The maximum atomic E-state index is 12.1. The minimum atomic E-state index is -0.646. The summed E-state index contributed by atoms with van der Waals surface area (Å²) in [5.41, 5.74) is -0.646. The van der Waals surface area contributed by atoms with Gasteiger partial charge in [-0.25, -0.2) is 4.98 Å². The third-order valence-electron chi connectivity index (χ3n) is 4.95. The van der Waals surface area contributed by atoms with Gasteiger partial charge >= 0.3 is 0 Å². The van der Waals surface area contributed by atoms with Gasteiger partial charge in [0.05, 0.1) is 19.8 Å². The quantitative estimate of drug-likeness (QED) is 0.164. The molecule has 0 saturated heterocycles. The molecular weight excluding hydrogens is 488 g/mol. The van der Waals surface area contributed by atoms with E-state index in [4.69, 9.17) is 18.9 Å². The van der Waals surface area contributed by atoms with E-state index in [-0.39, 0.29) is 11.7 Å². The lowest BCUT2D eigenvalue weighted by atomic mass is 10.1. The van der Waals surface area contributed by atoms with Crippen LogP contribution in [0.2, 0.25) is 0 Å². The highest BCUT2D eigenvalue weighted by molar-refractivity contribution is 8.76. The fourth-order valence-corrected chi connectivity index (χ4v) is 5.06. The molecule has 1 heterocycles. The summed E-state index contributed by atoms with van der Waals surface area (Å²) in [4.78, 5) is 28.3. The molecule has 0 aliphatic rings. The summed E-state index contributed by atoms with van der Waals surface area (Å²) in [6.07, 6.45) is 5.40. The highest BCUT2D eigenvalue weighted by Crippen LogP contribution is 2.29. The van der Waals surface area contributed by atoms with E-state index in [2.05, 4.69) is 10.3 Å². The lowest BCUT2D eigenvalue weighted by molar-refractivity contribution is -0.160. The standard InChI is InChI=1S/C25H42N2O6S2/c1-4-31-20-25(19-30-3,21-32-5-2)33-17-10-16-26-23(29)12-7-6-11-22(28)14-18-34-35-24-13-8-9-15-27-24/h8-9,13,15H,4-7,10-12,14,16-21H2,1-3H3,(H,26,29). The van der Waals surface area contributed by atoms with Gasteiger partial charge in [0.1, 0.15) is 16.4 Å². The molecule has 10 heteroatoms. The second-order valence-electron chi connectivity index (χ2n) is 8.01. The van der Waals surface area contributed by atoms with Crippen molar-refractivity contribution in [3.63, 3.8) is 0 Å². The van der Waals surface area contributed by atoms with Crippen molar-refractivity contribution >= 4 is 33.3 Å². The first-order valence-electron chi connectivity index (χ1n) is 12.3. The van der Waals surface area contributed by atoms with Gasteiger partial charge in [-0.2, -0.15) is 0 Å². The lowest BCUT2D eigenvalue weighted by Crippen LogP contribution is -2.47. The molecule has 1 rings (SSSR count). The molecule has 0 atom stereocenters. The molecule has 0 radical (unpaired) electrons. The molecule has 0 bridgehead atoms. The van der Waals surface area contributed by atoms with Crippen molar-refractivity contribution in [1.82, 2.24) is 10.3 Å². The van der Waals surface area contributed by atoms with Crippen LogP contribution in [-0.2, 0) is 28.5 Å². The van der Waals surface area contributed by atoms with Gasteiger partial charge in [-0.1, -0.05) is 16.9 Å². The number of hydrogen-bond donors (Lipinski definition) is 1. The third-order valence-corrected chi connectivity index (χ3v) is 7.22. The van der Waals surface area contributed by atoms with Crippen LogP contribution >= 0.6 is 21.6 Å². The number of aromatic nitrogens is 1. The van der Waals surface area contributed by atoms with Crippen molar-refractivity contribution in [2.75, 3.05) is 59.0 Å². The molecule has 0 unspecified atom stereocenters. The number of rotatable bonds is 23. The number of unbranched alkanes of at least 4 members (excludes halogenated alkanes) is 1. The van der Waals surface area contributed by atoms with Crippen LogP contribution in [0.1, 0.15) is 52.4 Å². The third kappa shape index (κ3) is 16.2. The molecule has 0 aromatic carbocycles. The summed E-state index contributed by atoms with van der Waals surface area (Å²) in [6.45, 7) is 7.22. The Bertz CT molecular complexity index is 673. The van der Waals surface area contributed by atoms with Gasteiger partial charge in [-0.05, 0) is 56.0 Å². The summed E-state index contributed by atoms with van der Waals surface area (Å²) in [5, 5.41) is 3.87. The van der Waals surface area contributed by atoms with E-state index >= 15 is 0 Å². The summed E-state index contributed by atoms with van der Waals surface area (Å²) < 4.78 is 22.6. The van der Waals surface area contributed by atoms with Gasteiger partial charge in [-0.15, -0.1) is 0 Å². The van der Waals surface area contributed by atoms with Gasteiger partial charge in [0, 0.05) is 64.7 Å². The first-order chi connectivity index (χ1) is 17.0. The Hall–Kier alpha value is -1.17. The normalized spacial score (nSPS) is 11.5. The zero-order valence-corrected chi connectivity index (χ0v) is 23.1. The molecule has 1 aromatic heterocycles. The monoisotopic (exact) mass is 530 g/mol. The Morgan fingerprint density at radius 2 is 1.74 bits per heavy atom. The second kappa shape index (κ2) is 21.0. The number of ketones is 1. The average molecular weight is 531 g/mol. The van der Waals surface area contributed by atoms with Crippen molar-refractivity contribution in [3.8, 4) is 0 Å². The maximum absolute atomic E-state index is 12.1. The first kappa shape index (κ1) is 31.9. The largest absolute Gasteiger partial charge is 0.382 e. The van der Waals surface area contributed by atoms with Crippen molar-refractivity contribution in [2.24, 2.45) is 0 Å². The van der Waals surface area contributed by atoms with Gasteiger partial charge in [-0.3, -0.25) is 9.59 Å². The molecule has 200 valence electrons. The number of nitrogens with one attached hydrogen (secondary N) is 1. The summed E-state index contributed by atoms with van der Waals surface area (Å²) >= 11 is 0. The smallest absolute Gasteiger partial charge is 0.219 e. The molecule has 35 heavy (non-hydrogen) atoms. The van der Waals surface area contributed by atoms with E-state index < -0.39 is 5.60 Å². The van der Waals surface area contributed by atoms with E-state index in [1.54, 1.807) is 34.9 Å². The topological polar surface area (TPSA) is 96.0 Å². The molecule has 0 saturated carbocycles. The minimum absolute atomic E-state index is 0.00607. The fourth-order valence-electron chi connectivity index (χ4n) is 3.15. The number of ether oxygens (including phenoxy) is 4. The van der Waals surface area contributed by atoms with Crippen molar-refractivity contribution in [2.45, 2.75) is 63.0 Å². The van der Waals surface area contributed by atoms with E-state index in [1.807, 2.05) is 32.0 Å². The van der Waals surface area contributed by atoms with Crippen LogP contribution in [0.3, 0.4) is 0 Å². The maximum Gasteiger partial charge on any atom is 0.219 e. The van der Waals surface area contributed by atoms with Crippen LogP contribution in [0, 0.1) is 0 Å². The van der Waals surface area contributed by atoms with Crippen LogP contribution in [0.5, 0.6) is 0 Å². The number of pyridine rings is 1. The first-order valence-corrected chi connectivity index (χ1v) is 14.6. The Balaban J connectivity index is 2.10. The van der Waals surface area contributed by atoms with Crippen LogP contribution in [0.4, 0.5) is 0 Å². The molecule has 0 aliphatic heterocycles. The van der Waals surface area contributed by atoms with Gasteiger partial charge in [0.15, 0.2) is 0 Å². The van der Waals surface area contributed by atoms with Crippen LogP contribution in [0.15, 0.2) is 29.4 Å². The highest BCUT2D eigenvalue weighted by Gasteiger charge is 2.32. The SMILES string of the molecule is CCOCC(COC)(COCC)OCCCNC(=O)CCCCC(=O)CCSSc1ccccn1. The molecule has 8 nitrogen and oxygen atoms in total. The van der Waals surface area contributed by atoms with Crippen molar-refractivity contribution < 1.29 is 28.5 Å². The molecule has 1 N–H and O–H groups in total. The van der Waals surface area contributed by atoms with Crippen LogP contribution < -0.4 is 5.32 Å². The molecule has 0 fully saturated rings. The summed E-state index contributed by atoms with van der Waals surface area (Å²) in [5.74, 6) is 1.02. The molecular formula is C25H42N2O6S2. The van der Waals surface area contributed by atoms with Crippen molar-refractivity contribution in [1.29, 1.82) is 0 Å². The Labute approximate surface area is 218 Å². The Kier molecular flexibility index (Phi) is 19.1. The number of nitrogens with zero attached hydrogens (tertiary/aromatic N) is 1. The number of Topliss-reactive ketones (excluding diaryl/α,β-unsaturated/α-hetero) is 1. The summed E-state index contributed by atoms with van der Waals surface area (Å²) in [6, 6.07) is 5.79. The number of methoxy groups -OCH3 is 1. The van der Waals surface area contributed by atoms with Crippen LogP contribution in [-0.4, -0.2) is 81.3 Å². The predicted molar refractivity (Wildman–Crippen MR) is 142 cm³/mol. The van der Waals surface area contributed by atoms with Gasteiger partial charge in [0.2, 0.25) is 5.91 Å². The lowest BCUT2D eigenvalue weighted by Gasteiger charge is -2.32. The Morgan fingerprint density at radius 3 is 2.40 bits per heavy atom. The number of hydrogen-bond acceptors (Lipinski definition) is 9. The van der Waals surface area contributed by atoms with E-state index in [0.29, 0.717) is 78.3 Å². The Morgan fingerprint density at radius 1 is 1.00 bits per heavy atom. The number of carbonyl (C=O) groups excluding carboxylic acids is 2. The minimum Gasteiger partial charge on any atom is -0.382 e. The molecule has 1 amide bonds. The van der Waals surface area contributed by atoms with Gasteiger partial charge < -0.3 is 24.3 Å².